The maximum absolute atomic E-state index is 12.1. The molecular formula is C19H18N2O3. The van der Waals surface area contributed by atoms with E-state index in [2.05, 4.69) is 10.3 Å². The van der Waals surface area contributed by atoms with Gasteiger partial charge in [0.25, 0.3) is 5.91 Å². The summed E-state index contributed by atoms with van der Waals surface area (Å²) >= 11 is 0. The molecule has 1 aliphatic heterocycles. The summed E-state index contributed by atoms with van der Waals surface area (Å²) in [6.45, 7) is 0. The lowest BCUT2D eigenvalue weighted by Crippen LogP contribution is -2.25. The van der Waals surface area contributed by atoms with E-state index >= 15 is 0 Å². The van der Waals surface area contributed by atoms with Crippen molar-refractivity contribution in [3.8, 4) is 11.5 Å². The minimum Gasteiger partial charge on any atom is -0.497 e. The number of amides is 1. The van der Waals surface area contributed by atoms with Gasteiger partial charge in [0.15, 0.2) is 0 Å². The molecular weight excluding hydrogens is 304 g/mol. The van der Waals surface area contributed by atoms with Gasteiger partial charge in [-0.2, -0.15) is 0 Å². The Bertz CT molecular complexity index is 788. The Morgan fingerprint density at radius 3 is 2.33 bits per heavy atom. The van der Waals surface area contributed by atoms with E-state index in [-0.39, 0.29) is 5.91 Å². The van der Waals surface area contributed by atoms with Gasteiger partial charge in [-0.25, -0.2) is 4.99 Å². The Morgan fingerprint density at radius 1 is 1.04 bits per heavy atom. The second kappa shape index (κ2) is 7.00. The molecule has 0 radical (unpaired) electrons. The fraction of sp³-hybridized carbons (Fsp3) is 0.158. The summed E-state index contributed by atoms with van der Waals surface area (Å²) < 4.78 is 10.5. The van der Waals surface area contributed by atoms with Crippen LogP contribution in [0.1, 0.15) is 11.1 Å². The highest BCUT2D eigenvalue weighted by molar-refractivity contribution is 6.14. The third kappa shape index (κ3) is 3.63. The van der Waals surface area contributed by atoms with E-state index in [0.717, 1.165) is 11.1 Å². The monoisotopic (exact) mass is 322 g/mol. The van der Waals surface area contributed by atoms with Gasteiger partial charge < -0.3 is 14.8 Å². The lowest BCUT2D eigenvalue weighted by Gasteiger charge is -2.05. The molecule has 0 aromatic heterocycles. The van der Waals surface area contributed by atoms with Gasteiger partial charge in [-0.05, 0) is 29.3 Å². The van der Waals surface area contributed by atoms with Crippen molar-refractivity contribution < 1.29 is 14.3 Å². The molecule has 1 N–H and O–H groups in total. The van der Waals surface area contributed by atoms with Crippen LogP contribution in [0, 0.1) is 0 Å². The summed E-state index contributed by atoms with van der Waals surface area (Å²) in [5.74, 6) is 1.76. The van der Waals surface area contributed by atoms with E-state index in [1.807, 2.05) is 42.5 Å². The molecule has 0 atom stereocenters. The molecule has 0 saturated heterocycles. The summed E-state index contributed by atoms with van der Waals surface area (Å²) in [5.41, 5.74) is 2.26. The average Bonchev–Trinajstić information content (AvgIpc) is 2.94. The summed E-state index contributed by atoms with van der Waals surface area (Å²) in [6.07, 6.45) is 2.31. The van der Waals surface area contributed by atoms with Gasteiger partial charge in [0.2, 0.25) is 0 Å². The predicted octanol–water partition coefficient (Wildman–Crippen LogP) is 2.82. The number of nitrogens with zero attached hydrogens (tertiary/aromatic N) is 1. The molecule has 122 valence electrons. The number of carbonyl (C=O) groups is 1. The van der Waals surface area contributed by atoms with E-state index in [0.29, 0.717) is 29.5 Å². The molecule has 1 aliphatic rings. The van der Waals surface area contributed by atoms with Crippen molar-refractivity contribution in [2.75, 3.05) is 14.2 Å². The fourth-order valence-corrected chi connectivity index (χ4v) is 2.46. The summed E-state index contributed by atoms with van der Waals surface area (Å²) in [4.78, 5) is 16.5. The summed E-state index contributed by atoms with van der Waals surface area (Å²) in [5, 5.41) is 2.81. The Kier molecular flexibility index (Phi) is 4.61. The lowest BCUT2D eigenvalue weighted by molar-refractivity contribution is -0.115. The van der Waals surface area contributed by atoms with E-state index in [4.69, 9.17) is 9.47 Å². The molecule has 5 nitrogen and oxygen atoms in total. The first-order valence-corrected chi connectivity index (χ1v) is 7.55. The molecule has 1 amide bonds. The van der Waals surface area contributed by atoms with Gasteiger partial charge in [-0.3, -0.25) is 4.79 Å². The number of aliphatic imine (C=N–C) groups is 1. The van der Waals surface area contributed by atoms with Crippen molar-refractivity contribution in [2.45, 2.75) is 6.42 Å². The quantitative estimate of drug-likeness (QED) is 0.861. The average molecular weight is 322 g/mol. The highest BCUT2D eigenvalue weighted by Crippen LogP contribution is 2.25. The fourth-order valence-electron chi connectivity index (χ4n) is 2.46. The van der Waals surface area contributed by atoms with Gasteiger partial charge in [0.1, 0.15) is 23.0 Å². The van der Waals surface area contributed by atoms with E-state index in [1.54, 1.807) is 26.4 Å². The van der Waals surface area contributed by atoms with Crippen LogP contribution < -0.4 is 14.8 Å². The summed E-state index contributed by atoms with van der Waals surface area (Å²) in [7, 11) is 3.17. The van der Waals surface area contributed by atoms with Crippen LogP contribution in [0.2, 0.25) is 0 Å². The van der Waals surface area contributed by atoms with Crippen molar-refractivity contribution in [1.29, 1.82) is 0 Å². The molecule has 2 aromatic carbocycles. The van der Waals surface area contributed by atoms with Crippen LogP contribution in [0.15, 0.2) is 59.2 Å². The molecule has 0 saturated carbocycles. The van der Waals surface area contributed by atoms with E-state index in [9.17, 15) is 4.79 Å². The zero-order valence-electron chi connectivity index (χ0n) is 13.6. The molecule has 3 rings (SSSR count). The molecule has 0 fully saturated rings. The van der Waals surface area contributed by atoms with Gasteiger partial charge in [0.05, 0.1) is 14.2 Å². The number of methoxy groups -OCH3 is 2. The van der Waals surface area contributed by atoms with Gasteiger partial charge in [-0.15, -0.1) is 0 Å². The van der Waals surface area contributed by atoms with Crippen molar-refractivity contribution in [3.63, 3.8) is 0 Å². The highest BCUT2D eigenvalue weighted by Gasteiger charge is 2.20. The van der Waals surface area contributed by atoms with Crippen LogP contribution in [0.5, 0.6) is 11.5 Å². The third-order valence-electron chi connectivity index (χ3n) is 3.64. The van der Waals surface area contributed by atoms with Crippen LogP contribution in [0.4, 0.5) is 0 Å². The first kappa shape index (κ1) is 15.8. The van der Waals surface area contributed by atoms with Gasteiger partial charge >= 0.3 is 0 Å². The van der Waals surface area contributed by atoms with Crippen molar-refractivity contribution in [1.82, 2.24) is 5.32 Å². The van der Waals surface area contributed by atoms with E-state index < -0.39 is 0 Å². The maximum atomic E-state index is 12.1. The Morgan fingerprint density at radius 2 is 1.71 bits per heavy atom. The van der Waals surface area contributed by atoms with Gasteiger partial charge in [0, 0.05) is 12.5 Å². The zero-order chi connectivity index (χ0) is 16.9. The van der Waals surface area contributed by atoms with Crippen molar-refractivity contribution in [3.05, 3.63) is 65.4 Å². The first-order chi connectivity index (χ1) is 11.7. The SMILES string of the molecule is COc1cc(/C=C2/N=C(Cc3ccccc3)NC2=O)cc(OC)c1. The maximum Gasteiger partial charge on any atom is 0.275 e. The highest BCUT2D eigenvalue weighted by atomic mass is 16.5. The van der Waals surface area contributed by atoms with Crippen molar-refractivity contribution in [2.24, 2.45) is 4.99 Å². The number of hydrogen-bond donors (Lipinski definition) is 1. The third-order valence-corrected chi connectivity index (χ3v) is 3.64. The minimum absolute atomic E-state index is 0.206. The van der Waals surface area contributed by atoms with Crippen LogP contribution in [-0.4, -0.2) is 26.0 Å². The topological polar surface area (TPSA) is 59.9 Å². The van der Waals surface area contributed by atoms with Crippen LogP contribution in [0.25, 0.3) is 6.08 Å². The predicted molar refractivity (Wildman–Crippen MR) is 93.2 cm³/mol. The minimum atomic E-state index is -0.206. The molecule has 0 spiro atoms. The molecule has 2 aromatic rings. The smallest absolute Gasteiger partial charge is 0.275 e. The Balaban J connectivity index is 1.86. The summed E-state index contributed by atoms with van der Waals surface area (Å²) in [6, 6.07) is 15.3. The second-order valence-electron chi connectivity index (χ2n) is 5.35. The number of carbonyl (C=O) groups excluding carboxylic acids is 1. The normalized spacial score (nSPS) is 15.2. The number of ether oxygens (including phenoxy) is 2. The molecule has 0 unspecified atom stereocenters. The number of benzene rings is 2. The largest absolute Gasteiger partial charge is 0.497 e. The second-order valence-corrected chi connectivity index (χ2v) is 5.35. The molecule has 1 heterocycles. The molecule has 0 bridgehead atoms. The lowest BCUT2D eigenvalue weighted by atomic mass is 10.1. The van der Waals surface area contributed by atoms with E-state index in [1.165, 1.54) is 0 Å². The zero-order valence-corrected chi connectivity index (χ0v) is 13.6. The molecule has 24 heavy (non-hydrogen) atoms. The number of rotatable bonds is 5. The Hall–Kier alpha value is -3.08. The number of amidine groups is 1. The van der Waals surface area contributed by atoms with Crippen molar-refractivity contribution >= 4 is 17.8 Å². The molecule has 5 heteroatoms. The molecule has 0 aliphatic carbocycles. The first-order valence-electron chi connectivity index (χ1n) is 7.55. The Labute approximate surface area is 140 Å². The van der Waals surface area contributed by atoms with Crippen LogP contribution in [-0.2, 0) is 11.2 Å². The standard InChI is InChI=1S/C19H18N2O3/c1-23-15-8-14(9-16(12-15)24-2)10-17-19(22)21-18(20-17)11-13-6-4-3-5-7-13/h3-10,12H,11H2,1-2H3,(H,20,21,22)/b17-10+. The van der Waals surface area contributed by atoms with Crippen LogP contribution in [0.3, 0.4) is 0 Å². The van der Waals surface area contributed by atoms with Gasteiger partial charge in [-0.1, -0.05) is 30.3 Å². The number of nitrogens with one attached hydrogen (secondary N) is 1. The number of hydrogen-bond acceptors (Lipinski definition) is 4. The van der Waals surface area contributed by atoms with Crippen LogP contribution >= 0.6 is 0 Å².